The maximum absolute atomic E-state index is 12.6. The minimum atomic E-state index is -4.49. The van der Waals surface area contributed by atoms with E-state index < -0.39 is 47.5 Å². The van der Waals surface area contributed by atoms with Crippen LogP contribution in [0.25, 0.3) is 0 Å². The van der Waals surface area contributed by atoms with Crippen molar-refractivity contribution in [2.24, 2.45) is 11.5 Å². The third kappa shape index (κ3) is 12.6. The first-order chi connectivity index (χ1) is 29.7. The maximum Gasteiger partial charge on any atom is 0.419 e. The van der Waals surface area contributed by atoms with Crippen molar-refractivity contribution in [1.82, 2.24) is 9.97 Å². The number of halogens is 7. The van der Waals surface area contributed by atoms with Gasteiger partial charge in [0.1, 0.15) is 23.0 Å². The average Bonchev–Trinajstić information content (AvgIpc) is 3.24. The van der Waals surface area contributed by atoms with E-state index >= 15 is 0 Å². The molecule has 4 aromatic carbocycles. The van der Waals surface area contributed by atoms with Crippen LogP contribution in [0.4, 0.5) is 47.3 Å². The SMILES string of the molecule is CN(C(=O)Oc1ccc(Oc2ccc(C(F)(F)F)cn2)cc1)c1ccc(Cl)cc1C(N)=O.CN(C(=O)Oc1ccc(Oc2ccc(C(F)(F)F)cn2)cc1)c1ccccc1C(N)=O. The van der Waals surface area contributed by atoms with E-state index in [1.807, 2.05) is 0 Å². The summed E-state index contributed by atoms with van der Waals surface area (Å²) in [5, 5.41) is 0.280. The van der Waals surface area contributed by atoms with Gasteiger partial charge in [-0.3, -0.25) is 19.4 Å². The number of carbonyl (C=O) groups is 4. The zero-order chi connectivity index (χ0) is 46.1. The van der Waals surface area contributed by atoms with Gasteiger partial charge in [0.2, 0.25) is 11.8 Å². The molecule has 0 aliphatic heterocycles. The number of nitrogens with two attached hydrogens (primary N) is 2. The molecule has 4 amide bonds. The standard InChI is InChI=1S/C21H15ClF3N3O4.C21H16F3N3O4/c1-28(17-8-3-13(22)10-16(17)19(26)29)20(30)32-15-6-4-14(5-7-15)31-18-9-2-12(11-27-18)21(23,24)25;1-27(17-5-3-2-4-16(17)19(25)28)20(29)31-15-9-7-14(8-10-15)30-18-11-6-13(12-26-18)21(22,23)24/h2-11H,1H3,(H2,26,29);2-12H,1H3,(H2,25,28). The number of ether oxygens (including phenoxy) is 4. The number of hydrogen-bond acceptors (Lipinski definition) is 10. The van der Waals surface area contributed by atoms with Crippen LogP contribution in [-0.2, 0) is 12.4 Å². The number of anilines is 2. The maximum atomic E-state index is 12.6. The van der Waals surface area contributed by atoms with Gasteiger partial charge in [0, 0.05) is 43.6 Å². The fourth-order valence-electron chi connectivity index (χ4n) is 5.12. The lowest BCUT2D eigenvalue weighted by Crippen LogP contribution is -2.31. The largest absolute Gasteiger partial charge is 0.439 e. The van der Waals surface area contributed by atoms with Crippen molar-refractivity contribution in [2.45, 2.75) is 12.4 Å². The van der Waals surface area contributed by atoms with Gasteiger partial charge in [-0.2, -0.15) is 26.3 Å². The number of aromatic nitrogens is 2. The lowest BCUT2D eigenvalue weighted by Gasteiger charge is -2.19. The van der Waals surface area contributed by atoms with Crippen LogP contribution in [0.3, 0.4) is 0 Å². The van der Waals surface area contributed by atoms with Crippen molar-refractivity contribution in [3.8, 4) is 34.8 Å². The number of benzene rings is 4. The van der Waals surface area contributed by atoms with E-state index in [4.69, 9.17) is 42.0 Å². The molecule has 63 heavy (non-hydrogen) atoms. The molecule has 0 radical (unpaired) electrons. The van der Waals surface area contributed by atoms with Crippen LogP contribution in [0, 0.1) is 0 Å². The molecule has 326 valence electrons. The number of nitrogens with zero attached hydrogens (tertiary/aromatic N) is 4. The van der Waals surface area contributed by atoms with Crippen molar-refractivity contribution in [1.29, 1.82) is 0 Å². The van der Waals surface area contributed by atoms with Crippen LogP contribution in [0.2, 0.25) is 5.02 Å². The zero-order valence-electron chi connectivity index (χ0n) is 32.5. The van der Waals surface area contributed by atoms with Gasteiger partial charge in [0.05, 0.1) is 33.6 Å². The zero-order valence-corrected chi connectivity index (χ0v) is 33.2. The fraction of sp³-hybridized carbons (Fsp3) is 0.0952. The molecular weight excluding hydrogens is 866 g/mol. The van der Waals surface area contributed by atoms with Gasteiger partial charge in [-0.1, -0.05) is 23.7 Å². The Balaban J connectivity index is 0.000000238. The predicted molar refractivity (Wildman–Crippen MR) is 215 cm³/mol. The van der Waals surface area contributed by atoms with Crippen LogP contribution >= 0.6 is 11.6 Å². The van der Waals surface area contributed by atoms with E-state index in [1.54, 1.807) is 18.2 Å². The summed E-state index contributed by atoms with van der Waals surface area (Å²) < 4.78 is 96.8. The second kappa shape index (κ2) is 19.7. The molecule has 21 heteroatoms. The molecule has 2 heterocycles. The van der Waals surface area contributed by atoms with E-state index in [2.05, 4.69) is 9.97 Å². The molecule has 0 saturated heterocycles. The van der Waals surface area contributed by atoms with Gasteiger partial charge in [-0.25, -0.2) is 19.6 Å². The highest BCUT2D eigenvalue weighted by Crippen LogP contribution is 2.32. The molecule has 0 aliphatic carbocycles. The molecule has 4 N–H and O–H groups in total. The average molecular weight is 897 g/mol. The monoisotopic (exact) mass is 896 g/mol. The molecule has 0 bridgehead atoms. The third-order valence-electron chi connectivity index (χ3n) is 8.29. The molecule has 0 spiro atoms. The summed E-state index contributed by atoms with van der Waals surface area (Å²) in [4.78, 5) is 57.5. The fourth-order valence-corrected chi connectivity index (χ4v) is 5.29. The second-order valence-corrected chi connectivity index (χ2v) is 13.1. The molecular formula is C42H31ClF6N6O8. The summed E-state index contributed by atoms with van der Waals surface area (Å²) in [5.41, 5.74) is 9.58. The molecule has 2 aromatic heterocycles. The van der Waals surface area contributed by atoms with Crippen molar-refractivity contribution in [3.05, 3.63) is 155 Å². The topological polar surface area (TPSA) is 190 Å². The van der Waals surface area contributed by atoms with Crippen molar-refractivity contribution in [2.75, 3.05) is 23.9 Å². The smallest absolute Gasteiger partial charge is 0.419 e. The van der Waals surface area contributed by atoms with E-state index in [-0.39, 0.29) is 62.3 Å². The number of alkyl halides is 6. The minimum absolute atomic E-state index is 0.0273. The normalized spacial score (nSPS) is 11.0. The van der Waals surface area contributed by atoms with E-state index in [0.717, 1.165) is 34.1 Å². The van der Waals surface area contributed by atoms with Gasteiger partial charge in [0.25, 0.3) is 11.8 Å². The Bertz CT molecular complexity index is 2580. The van der Waals surface area contributed by atoms with Gasteiger partial charge in [0.15, 0.2) is 0 Å². The molecule has 6 rings (SSSR count). The number of pyridine rings is 2. The number of primary amides is 2. The molecule has 0 unspecified atom stereocenters. The summed E-state index contributed by atoms with van der Waals surface area (Å²) >= 11 is 5.87. The lowest BCUT2D eigenvalue weighted by atomic mass is 10.1. The van der Waals surface area contributed by atoms with Crippen molar-refractivity contribution >= 4 is 47.0 Å². The molecule has 0 atom stereocenters. The first-order valence-electron chi connectivity index (χ1n) is 17.7. The van der Waals surface area contributed by atoms with Crippen LogP contribution < -0.4 is 40.2 Å². The van der Waals surface area contributed by atoms with Gasteiger partial charge in [-0.15, -0.1) is 0 Å². The van der Waals surface area contributed by atoms with Gasteiger partial charge in [-0.05, 0) is 91.0 Å². The number of amides is 4. The first kappa shape index (κ1) is 46.2. The molecule has 0 fully saturated rings. The highest BCUT2D eigenvalue weighted by Gasteiger charge is 2.31. The van der Waals surface area contributed by atoms with Crippen LogP contribution in [0.1, 0.15) is 31.8 Å². The Morgan fingerprint density at radius 3 is 1.32 bits per heavy atom. The first-order valence-corrected chi connectivity index (χ1v) is 18.1. The highest BCUT2D eigenvalue weighted by atomic mass is 35.5. The van der Waals surface area contributed by atoms with Crippen molar-refractivity contribution in [3.63, 3.8) is 0 Å². The highest BCUT2D eigenvalue weighted by molar-refractivity contribution is 6.31. The molecule has 6 aromatic rings. The Hall–Kier alpha value is -7.87. The van der Waals surface area contributed by atoms with Crippen LogP contribution in [-0.4, -0.2) is 48.1 Å². The minimum Gasteiger partial charge on any atom is -0.439 e. The van der Waals surface area contributed by atoms with E-state index in [0.29, 0.717) is 12.4 Å². The van der Waals surface area contributed by atoms with Crippen LogP contribution in [0.15, 0.2) is 128 Å². The molecule has 0 aliphatic rings. The van der Waals surface area contributed by atoms with E-state index in [9.17, 15) is 45.5 Å². The lowest BCUT2D eigenvalue weighted by molar-refractivity contribution is -0.138. The Labute approximate surface area is 358 Å². The quantitative estimate of drug-likeness (QED) is 0.125. The van der Waals surface area contributed by atoms with Crippen LogP contribution in [0.5, 0.6) is 34.8 Å². The van der Waals surface area contributed by atoms with Gasteiger partial charge < -0.3 is 30.4 Å². The molecule has 14 nitrogen and oxygen atoms in total. The number of rotatable bonds is 10. The van der Waals surface area contributed by atoms with E-state index in [1.165, 1.54) is 86.9 Å². The number of carbonyl (C=O) groups excluding carboxylic acids is 4. The Morgan fingerprint density at radius 1 is 0.540 bits per heavy atom. The Kier molecular flexibility index (Phi) is 14.4. The summed E-state index contributed by atoms with van der Waals surface area (Å²) in [7, 11) is 2.82. The van der Waals surface area contributed by atoms with Gasteiger partial charge >= 0.3 is 24.5 Å². The summed E-state index contributed by atoms with van der Waals surface area (Å²) in [6.45, 7) is 0. The third-order valence-corrected chi connectivity index (χ3v) is 8.53. The summed E-state index contributed by atoms with van der Waals surface area (Å²) in [6.07, 6.45) is -9.19. The Morgan fingerprint density at radius 2 is 0.937 bits per heavy atom. The number of para-hydroxylation sites is 1. The molecule has 0 saturated carbocycles. The summed E-state index contributed by atoms with van der Waals surface area (Å²) in [6, 6.07) is 26.0. The second-order valence-electron chi connectivity index (χ2n) is 12.7. The number of hydrogen-bond donors (Lipinski definition) is 2. The summed E-state index contributed by atoms with van der Waals surface area (Å²) in [5.74, 6) is -0.636. The van der Waals surface area contributed by atoms with Crippen molar-refractivity contribution < 1.29 is 64.5 Å². The predicted octanol–water partition coefficient (Wildman–Crippen LogP) is 9.91.